The van der Waals surface area contributed by atoms with Crippen molar-refractivity contribution in [2.24, 2.45) is 0 Å². The number of benzene rings is 1. The first-order valence-electron chi connectivity index (χ1n) is 8.02. The highest BCUT2D eigenvalue weighted by molar-refractivity contribution is 5.91. The van der Waals surface area contributed by atoms with E-state index in [1.165, 1.54) is 0 Å². The van der Waals surface area contributed by atoms with E-state index in [1.54, 1.807) is 30.4 Å². The Morgan fingerprint density at radius 3 is 2.96 bits per heavy atom. The molecule has 2 aromatic rings. The van der Waals surface area contributed by atoms with Crippen molar-refractivity contribution in [1.82, 2.24) is 9.88 Å². The van der Waals surface area contributed by atoms with Gasteiger partial charge in [-0.3, -0.25) is 9.78 Å². The van der Waals surface area contributed by atoms with Gasteiger partial charge in [0.25, 0.3) is 0 Å². The van der Waals surface area contributed by atoms with Crippen LogP contribution in [0.25, 0.3) is 6.08 Å². The molecular formula is C19H20N2O4. The van der Waals surface area contributed by atoms with E-state index < -0.39 is 0 Å². The van der Waals surface area contributed by atoms with Crippen molar-refractivity contribution in [1.29, 1.82) is 0 Å². The number of aromatic nitrogens is 1. The van der Waals surface area contributed by atoms with E-state index >= 15 is 0 Å². The van der Waals surface area contributed by atoms with Crippen LogP contribution in [0.2, 0.25) is 0 Å². The number of hydrogen-bond acceptors (Lipinski definition) is 5. The zero-order valence-electron chi connectivity index (χ0n) is 14.1. The maximum Gasteiger partial charge on any atom is 0.247 e. The standard InChI is InChI=1S/C19H20N2O4/c1-23-11-10-21(13-16-4-2-3-9-20-16)19(22)8-6-15-5-7-17-18(12-15)25-14-24-17/h2-9,12H,10-11,13-14H2,1H3/b8-6+. The van der Waals surface area contributed by atoms with Crippen LogP contribution in [0.5, 0.6) is 11.5 Å². The second-order valence-electron chi connectivity index (χ2n) is 5.52. The fraction of sp³-hybridized carbons (Fsp3) is 0.263. The lowest BCUT2D eigenvalue weighted by atomic mass is 10.2. The van der Waals surface area contributed by atoms with Crippen LogP contribution < -0.4 is 9.47 Å². The topological polar surface area (TPSA) is 60.9 Å². The molecular weight excluding hydrogens is 320 g/mol. The molecule has 0 saturated carbocycles. The first-order chi connectivity index (χ1) is 12.3. The van der Waals surface area contributed by atoms with Gasteiger partial charge in [-0.05, 0) is 35.9 Å². The van der Waals surface area contributed by atoms with Crippen molar-refractivity contribution in [2.75, 3.05) is 27.1 Å². The Kier molecular flexibility index (Phi) is 5.64. The highest BCUT2D eigenvalue weighted by Crippen LogP contribution is 2.32. The summed E-state index contributed by atoms with van der Waals surface area (Å²) in [6, 6.07) is 11.2. The molecule has 1 amide bonds. The smallest absolute Gasteiger partial charge is 0.247 e. The minimum atomic E-state index is -0.0969. The predicted molar refractivity (Wildman–Crippen MR) is 93.1 cm³/mol. The van der Waals surface area contributed by atoms with Gasteiger partial charge in [0.15, 0.2) is 11.5 Å². The molecule has 0 atom stereocenters. The van der Waals surface area contributed by atoms with Crippen LogP contribution in [-0.2, 0) is 16.1 Å². The highest BCUT2D eigenvalue weighted by Gasteiger charge is 2.14. The molecule has 25 heavy (non-hydrogen) atoms. The predicted octanol–water partition coefficient (Wildman–Crippen LogP) is 2.50. The molecule has 0 unspecified atom stereocenters. The zero-order chi connectivity index (χ0) is 17.5. The van der Waals surface area contributed by atoms with Crippen molar-refractivity contribution in [2.45, 2.75) is 6.54 Å². The third-order valence-electron chi connectivity index (χ3n) is 3.77. The number of nitrogens with zero attached hydrogens (tertiary/aromatic N) is 2. The van der Waals surface area contributed by atoms with Gasteiger partial charge in [0.1, 0.15) is 0 Å². The van der Waals surface area contributed by atoms with Crippen LogP contribution in [0.3, 0.4) is 0 Å². The molecule has 6 nitrogen and oxygen atoms in total. The number of amides is 1. The van der Waals surface area contributed by atoms with Gasteiger partial charge in [0, 0.05) is 25.9 Å². The quantitative estimate of drug-likeness (QED) is 0.725. The van der Waals surface area contributed by atoms with Crippen molar-refractivity contribution >= 4 is 12.0 Å². The highest BCUT2D eigenvalue weighted by atomic mass is 16.7. The minimum Gasteiger partial charge on any atom is -0.454 e. The van der Waals surface area contributed by atoms with Gasteiger partial charge in [-0.1, -0.05) is 12.1 Å². The molecule has 0 aliphatic carbocycles. The third kappa shape index (κ3) is 4.58. The molecule has 6 heteroatoms. The maximum absolute atomic E-state index is 12.6. The molecule has 0 fully saturated rings. The van der Waals surface area contributed by atoms with Crippen LogP contribution in [0, 0.1) is 0 Å². The SMILES string of the molecule is COCCN(Cc1ccccn1)C(=O)/C=C/c1ccc2c(c1)OCO2. The number of hydrogen-bond donors (Lipinski definition) is 0. The fourth-order valence-electron chi connectivity index (χ4n) is 2.45. The summed E-state index contributed by atoms with van der Waals surface area (Å²) in [7, 11) is 1.62. The second-order valence-corrected chi connectivity index (χ2v) is 5.52. The van der Waals surface area contributed by atoms with Crippen molar-refractivity contribution in [3.8, 4) is 11.5 Å². The average molecular weight is 340 g/mol. The normalized spacial score (nSPS) is 12.5. The summed E-state index contributed by atoms with van der Waals surface area (Å²) >= 11 is 0. The lowest BCUT2D eigenvalue weighted by Gasteiger charge is -2.20. The van der Waals surface area contributed by atoms with Crippen LogP contribution in [-0.4, -0.2) is 42.8 Å². The van der Waals surface area contributed by atoms with Crippen LogP contribution >= 0.6 is 0 Å². The Bertz CT molecular complexity index is 746. The van der Waals surface area contributed by atoms with Gasteiger partial charge >= 0.3 is 0 Å². The van der Waals surface area contributed by atoms with Crippen molar-refractivity contribution in [3.05, 3.63) is 59.9 Å². The van der Waals surface area contributed by atoms with Gasteiger partial charge in [-0.15, -0.1) is 0 Å². The molecule has 0 radical (unpaired) electrons. The molecule has 1 aliphatic rings. The molecule has 1 aromatic carbocycles. The Balaban J connectivity index is 1.68. The molecule has 0 N–H and O–H groups in total. The molecule has 0 spiro atoms. The van der Waals surface area contributed by atoms with Crippen LogP contribution in [0.4, 0.5) is 0 Å². The zero-order valence-corrected chi connectivity index (χ0v) is 14.1. The lowest BCUT2D eigenvalue weighted by Crippen LogP contribution is -2.32. The second kappa shape index (κ2) is 8.30. The van der Waals surface area contributed by atoms with Gasteiger partial charge in [0.2, 0.25) is 12.7 Å². The first-order valence-corrected chi connectivity index (χ1v) is 8.02. The number of carbonyl (C=O) groups is 1. The van der Waals surface area contributed by atoms with Crippen LogP contribution in [0.15, 0.2) is 48.7 Å². The third-order valence-corrected chi connectivity index (χ3v) is 3.77. The summed E-state index contributed by atoms with van der Waals surface area (Å²) in [6.07, 6.45) is 5.04. The molecule has 130 valence electrons. The summed E-state index contributed by atoms with van der Waals surface area (Å²) in [6.45, 7) is 1.64. The summed E-state index contributed by atoms with van der Waals surface area (Å²) < 4.78 is 15.7. The molecule has 0 saturated heterocycles. The van der Waals surface area contributed by atoms with E-state index in [9.17, 15) is 4.79 Å². The number of carbonyl (C=O) groups excluding carboxylic acids is 1. The molecule has 0 bridgehead atoms. The molecule has 1 aromatic heterocycles. The van der Waals surface area contributed by atoms with Gasteiger partial charge < -0.3 is 19.1 Å². The van der Waals surface area contributed by atoms with Crippen molar-refractivity contribution < 1.29 is 19.0 Å². The number of methoxy groups -OCH3 is 1. The summed E-state index contributed by atoms with van der Waals surface area (Å²) in [5.41, 5.74) is 1.71. The maximum atomic E-state index is 12.6. The van der Waals surface area contributed by atoms with E-state index in [0.29, 0.717) is 25.4 Å². The number of ether oxygens (including phenoxy) is 3. The summed E-state index contributed by atoms with van der Waals surface area (Å²) in [5, 5.41) is 0. The van der Waals surface area contributed by atoms with Crippen molar-refractivity contribution in [3.63, 3.8) is 0 Å². The average Bonchev–Trinajstić information content (AvgIpc) is 3.11. The monoisotopic (exact) mass is 340 g/mol. The Hall–Kier alpha value is -2.86. The summed E-state index contributed by atoms with van der Waals surface area (Å²) in [5.74, 6) is 1.32. The number of rotatable bonds is 7. The van der Waals surface area contributed by atoms with E-state index in [4.69, 9.17) is 14.2 Å². The van der Waals surface area contributed by atoms with Gasteiger partial charge in [0.05, 0.1) is 18.8 Å². The molecule has 2 heterocycles. The Morgan fingerprint density at radius 2 is 2.16 bits per heavy atom. The van der Waals surface area contributed by atoms with E-state index in [1.807, 2.05) is 36.4 Å². The summed E-state index contributed by atoms with van der Waals surface area (Å²) in [4.78, 5) is 18.5. The van der Waals surface area contributed by atoms with E-state index in [0.717, 1.165) is 17.0 Å². The minimum absolute atomic E-state index is 0.0969. The Labute approximate surface area is 146 Å². The van der Waals surface area contributed by atoms with E-state index in [-0.39, 0.29) is 12.7 Å². The fourth-order valence-corrected chi connectivity index (χ4v) is 2.45. The van der Waals surface area contributed by atoms with Gasteiger partial charge in [-0.2, -0.15) is 0 Å². The number of fused-ring (bicyclic) bond motifs is 1. The van der Waals surface area contributed by atoms with Crippen LogP contribution in [0.1, 0.15) is 11.3 Å². The molecule has 3 rings (SSSR count). The molecule has 1 aliphatic heterocycles. The van der Waals surface area contributed by atoms with E-state index in [2.05, 4.69) is 4.98 Å². The van der Waals surface area contributed by atoms with Gasteiger partial charge in [-0.25, -0.2) is 0 Å². The largest absolute Gasteiger partial charge is 0.454 e. The lowest BCUT2D eigenvalue weighted by molar-refractivity contribution is -0.127. The first kappa shape index (κ1) is 17.0. The number of pyridine rings is 1. The Morgan fingerprint density at radius 1 is 1.28 bits per heavy atom.